The van der Waals surface area contributed by atoms with Crippen LogP contribution >= 0.6 is 0 Å². The highest BCUT2D eigenvalue weighted by Crippen LogP contribution is 2.40. The molecule has 0 radical (unpaired) electrons. The summed E-state index contributed by atoms with van der Waals surface area (Å²) in [5.41, 5.74) is 2.08. The highest BCUT2D eigenvalue weighted by atomic mass is 16.2. The fourth-order valence-corrected chi connectivity index (χ4v) is 2.69. The summed E-state index contributed by atoms with van der Waals surface area (Å²) in [6.07, 6.45) is 4.56. The van der Waals surface area contributed by atoms with Crippen LogP contribution in [-0.2, 0) is 11.3 Å². The van der Waals surface area contributed by atoms with E-state index in [0.717, 1.165) is 36.2 Å². The molecule has 1 aliphatic rings. The third kappa shape index (κ3) is 2.94. The van der Waals surface area contributed by atoms with Gasteiger partial charge in [-0.3, -0.25) is 4.79 Å². The third-order valence-electron chi connectivity index (χ3n) is 4.19. The number of likely N-dealkylation sites (N-methyl/N-ethyl adjacent to an activating group) is 1. The van der Waals surface area contributed by atoms with Gasteiger partial charge in [-0.25, -0.2) is 4.98 Å². The van der Waals surface area contributed by atoms with E-state index in [1.807, 2.05) is 30.1 Å². The van der Waals surface area contributed by atoms with Gasteiger partial charge in [0.1, 0.15) is 12.4 Å². The van der Waals surface area contributed by atoms with Crippen LogP contribution in [0, 0.1) is 0 Å². The van der Waals surface area contributed by atoms with Crippen molar-refractivity contribution in [2.45, 2.75) is 45.1 Å². The van der Waals surface area contributed by atoms with E-state index in [1.54, 1.807) is 0 Å². The Balaban J connectivity index is 1.85. The lowest BCUT2D eigenvalue weighted by atomic mass is 10.3. The largest absolute Gasteiger partial charge is 0.344 e. The maximum atomic E-state index is 12.4. The van der Waals surface area contributed by atoms with Crippen LogP contribution in [0.3, 0.4) is 0 Å². The first-order valence-electron chi connectivity index (χ1n) is 7.90. The smallest absolute Gasteiger partial charge is 0.242 e. The summed E-state index contributed by atoms with van der Waals surface area (Å²) in [5.74, 6) is 1.81. The van der Waals surface area contributed by atoms with Gasteiger partial charge in [0.15, 0.2) is 0 Å². The highest BCUT2D eigenvalue weighted by molar-refractivity contribution is 5.81. The van der Waals surface area contributed by atoms with Crippen molar-refractivity contribution >= 4 is 16.9 Å². The average Bonchev–Trinajstić information content (AvgIpc) is 3.28. The van der Waals surface area contributed by atoms with Crippen LogP contribution in [0.4, 0.5) is 0 Å². The van der Waals surface area contributed by atoms with Crippen molar-refractivity contribution in [2.75, 3.05) is 13.6 Å². The van der Waals surface area contributed by atoms with Gasteiger partial charge < -0.3 is 9.47 Å². The summed E-state index contributed by atoms with van der Waals surface area (Å²) in [6.45, 7) is 3.39. The number of carbonyl (C=O) groups excluding carboxylic acids is 1. The number of amides is 1. The second-order valence-corrected chi connectivity index (χ2v) is 5.99. The molecule has 3 rings (SSSR count). The first kappa shape index (κ1) is 14.1. The zero-order chi connectivity index (χ0) is 14.8. The van der Waals surface area contributed by atoms with Crippen LogP contribution in [0.1, 0.15) is 44.3 Å². The summed E-state index contributed by atoms with van der Waals surface area (Å²) in [5, 5.41) is 0. The minimum atomic E-state index is 0.175. The van der Waals surface area contributed by atoms with Gasteiger partial charge in [0.05, 0.1) is 11.0 Å². The maximum absolute atomic E-state index is 12.4. The van der Waals surface area contributed by atoms with Gasteiger partial charge >= 0.3 is 0 Å². The topological polar surface area (TPSA) is 38.1 Å². The summed E-state index contributed by atoms with van der Waals surface area (Å²) in [7, 11) is 1.90. The molecule has 1 fully saturated rings. The average molecular weight is 285 g/mol. The lowest BCUT2D eigenvalue weighted by Crippen LogP contribution is -2.31. The SMILES string of the molecule is CCCCN(C)C(=O)Cn1c(C2CC2)nc2ccccc21. The fraction of sp³-hybridized carbons (Fsp3) is 0.529. The first-order valence-corrected chi connectivity index (χ1v) is 7.90. The van der Waals surface area contributed by atoms with Crippen molar-refractivity contribution in [3.05, 3.63) is 30.1 Å². The number of hydrogen-bond donors (Lipinski definition) is 0. The number of aromatic nitrogens is 2. The van der Waals surface area contributed by atoms with Crippen molar-refractivity contribution < 1.29 is 4.79 Å². The second-order valence-electron chi connectivity index (χ2n) is 5.99. The predicted octanol–water partition coefficient (Wildman–Crippen LogP) is 3.17. The zero-order valence-electron chi connectivity index (χ0n) is 12.9. The lowest BCUT2D eigenvalue weighted by molar-refractivity contribution is -0.130. The van der Waals surface area contributed by atoms with E-state index in [1.165, 1.54) is 12.8 Å². The second kappa shape index (κ2) is 5.88. The number of para-hydroxylation sites is 2. The van der Waals surface area contributed by atoms with Gasteiger partial charge in [-0.05, 0) is 31.4 Å². The maximum Gasteiger partial charge on any atom is 0.242 e. The molecule has 1 aliphatic carbocycles. The normalized spacial score (nSPS) is 14.6. The molecule has 0 unspecified atom stereocenters. The number of carbonyl (C=O) groups is 1. The Morgan fingerprint density at radius 1 is 1.38 bits per heavy atom. The third-order valence-corrected chi connectivity index (χ3v) is 4.19. The van der Waals surface area contributed by atoms with Crippen molar-refractivity contribution in [3.63, 3.8) is 0 Å². The van der Waals surface area contributed by atoms with Crippen LogP contribution in [0.25, 0.3) is 11.0 Å². The first-order chi connectivity index (χ1) is 10.2. The van der Waals surface area contributed by atoms with Crippen molar-refractivity contribution in [3.8, 4) is 0 Å². The Kier molecular flexibility index (Phi) is 3.95. The van der Waals surface area contributed by atoms with E-state index in [4.69, 9.17) is 4.98 Å². The summed E-state index contributed by atoms with van der Waals surface area (Å²) in [4.78, 5) is 19.0. The van der Waals surface area contributed by atoms with E-state index >= 15 is 0 Å². The zero-order valence-corrected chi connectivity index (χ0v) is 12.9. The van der Waals surface area contributed by atoms with E-state index < -0.39 is 0 Å². The molecule has 0 saturated heterocycles. The monoisotopic (exact) mass is 285 g/mol. The summed E-state index contributed by atoms with van der Waals surface area (Å²) >= 11 is 0. The van der Waals surface area contributed by atoms with Crippen molar-refractivity contribution in [2.24, 2.45) is 0 Å². The van der Waals surface area contributed by atoms with Crippen LogP contribution in [0.15, 0.2) is 24.3 Å². The molecule has 0 N–H and O–H groups in total. The van der Waals surface area contributed by atoms with E-state index in [0.29, 0.717) is 12.5 Å². The molecular weight excluding hydrogens is 262 g/mol. The molecule has 112 valence electrons. The minimum Gasteiger partial charge on any atom is -0.344 e. The van der Waals surface area contributed by atoms with Crippen LogP contribution in [0.5, 0.6) is 0 Å². The van der Waals surface area contributed by atoms with Gasteiger partial charge in [-0.1, -0.05) is 25.5 Å². The number of hydrogen-bond acceptors (Lipinski definition) is 2. The molecule has 0 atom stereocenters. The molecule has 0 spiro atoms. The Bertz CT molecular complexity index is 643. The Labute approximate surface area is 125 Å². The molecule has 1 heterocycles. The van der Waals surface area contributed by atoms with Gasteiger partial charge in [-0.15, -0.1) is 0 Å². The molecule has 1 amide bonds. The number of unbranched alkanes of at least 4 members (excludes halogenated alkanes) is 1. The standard InChI is InChI=1S/C17H23N3O/c1-3-4-11-19(2)16(21)12-20-15-8-6-5-7-14(15)18-17(20)13-9-10-13/h5-8,13H,3-4,9-12H2,1-2H3. The van der Waals surface area contributed by atoms with Gasteiger partial charge in [-0.2, -0.15) is 0 Å². The predicted molar refractivity (Wildman–Crippen MR) is 84.3 cm³/mol. The molecule has 1 aromatic heterocycles. The van der Waals surface area contributed by atoms with Crippen molar-refractivity contribution in [1.82, 2.24) is 14.5 Å². The number of nitrogens with zero attached hydrogens (tertiary/aromatic N) is 3. The molecule has 2 aromatic rings. The Morgan fingerprint density at radius 3 is 2.86 bits per heavy atom. The summed E-state index contributed by atoms with van der Waals surface area (Å²) in [6, 6.07) is 8.12. The molecular formula is C17H23N3O. The van der Waals surface area contributed by atoms with E-state index in [9.17, 15) is 4.79 Å². The Hall–Kier alpha value is -1.84. The molecule has 0 bridgehead atoms. The summed E-state index contributed by atoms with van der Waals surface area (Å²) < 4.78 is 2.12. The van der Waals surface area contributed by atoms with Gasteiger partial charge in [0.2, 0.25) is 5.91 Å². The molecule has 4 heteroatoms. The Morgan fingerprint density at radius 2 is 2.14 bits per heavy atom. The minimum absolute atomic E-state index is 0.175. The number of fused-ring (bicyclic) bond motifs is 1. The van der Waals surface area contributed by atoms with E-state index in [2.05, 4.69) is 17.6 Å². The molecule has 0 aliphatic heterocycles. The van der Waals surface area contributed by atoms with Crippen LogP contribution in [-0.4, -0.2) is 34.0 Å². The number of benzene rings is 1. The molecule has 1 aromatic carbocycles. The highest BCUT2D eigenvalue weighted by Gasteiger charge is 2.30. The van der Waals surface area contributed by atoms with Crippen molar-refractivity contribution in [1.29, 1.82) is 0 Å². The van der Waals surface area contributed by atoms with E-state index in [-0.39, 0.29) is 5.91 Å². The fourth-order valence-electron chi connectivity index (χ4n) is 2.69. The number of imidazole rings is 1. The van der Waals surface area contributed by atoms with Gasteiger partial charge in [0, 0.05) is 19.5 Å². The lowest BCUT2D eigenvalue weighted by Gasteiger charge is -2.18. The molecule has 4 nitrogen and oxygen atoms in total. The van der Waals surface area contributed by atoms with Crippen LogP contribution < -0.4 is 0 Å². The molecule has 21 heavy (non-hydrogen) atoms. The number of rotatable bonds is 6. The van der Waals surface area contributed by atoms with Crippen LogP contribution in [0.2, 0.25) is 0 Å². The molecule has 1 saturated carbocycles. The quantitative estimate of drug-likeness (QED) is 0.817. The van der Waals surface area contributed by atoms with Gasteiger partial charge in [0.25, 0.3) is 0 Å².